The van der Waals surface area contributed by atoms with Crippen molar-refractivity contribution in [1.82, 2.24) is 15.5 Å². The van der Waals surface area contributed by atoms with Gasteiger partial charge in [-0.1, -0.05) is 37.3 Å². The maximum atomic E-state index is 12.0. The summed E-state index contributed by atoms with van der Waals surface area (Å²) in [5.41, 5.74) is 2.48. The van der Waals surface area contributed by atoms with Crippen LogP contribution in [0.15, 0.2) is 59.1 Å². The first-order valence-electron chi connectivity index (χ1n) is 8.26. The highest BCUT2D eigenvalue weighted by atomic mass is 16.5. The fourth-order valence-electron chi connectivity index (χ4n) is 2.34. The normalized spacial score (nSPS) is 10.4. The largest absolute Gasteiger partial charge is 0.352 e. The maximum Gasteiger partial charge on any atom is 0.264 e. The zero-order chi connectivity index (χ0) is 17.5. The second-order valence-corrected chi connectivity index (χ2v) is 5.60. The van der Waals surface area contributed by atoms with Crippen LogP contribution in [-0.2, 0) is 6.54 Å². The van der Waals surface area contributed by atoms with Crippen LogP contribution < -0.4 is 10.6 Å². The molecule has 1 aromatic heterocycles. The molecule has 0 bridgehead atoms. The molecular formula is C19H20N4O2. The van der Waals surface area contributed by atoms with Crippen LogP contribution in [0.2, 0.25) is 0 Å². The maximum absolute atomic E-state index is 12.0. The van der Waals surface area contributed by atoms with E-state index < -0.39 is 0 Å². The third-order valence-electron chi connectivity index (χ3n) is 3.62. The summed E-state index contributed by atoms with van der Waals surface area (Å²) < 4.78 is 5.26. The molecule has 0 aliphatic carbocycles. The van der Waals surface area contributed by atoms with Gasteiger partial charge in [0.15, 0.2) is 0 Å². The van der Waals surface area contributed by atoms with Gasteiger partial charge in [-0.15, -0.1) is 0 Å². The summed E-state index contributed by atoms with van der Waals surface area (Å²) in [6.07, 6.45) is 0.911. The van der Waals surface area contributed by atoms with Gasteiger partial charge in [0.2, 0.25) is 0 Å². The van der Waals surface area contributed by atoms with Crippen molar-refractivity contribution >= 4 is 11.9 Å². The summed E-state index contributed by atoms with van der Waals surface area (Å²) in [6.45, 7) is 3.20. The minimum absolute atomic E-state index is 0.0605. The molecule has 128 valence electrons. The summed E-state index contributed by atoms with van der Waals surface area (Å²) in [6, 6.07) is 17.1. The zero-order valence-corrected chi connectivity index (χ0v) is 14.0. The monoisotopic (exact) mass is 336 g/mol. The van der Waals surface area contributed by atoms with Gasteiger partial charge >= 0.3 is 0 Å². The van der Waals surface area contributed by atoms with E-state index in [0.29, 0.717) is 30.5 Å². The molecule has 0 aliphatic rings. The van der Waals surface area contributed by atoms with Crippen LogP contribution in [0.25, 0.3) is 11.5 Å². The van der Waals surface area contributed by atoms with Gasteiger partial charge in [-0.05, 0) is 41.4 Å². The molecule has 0 saturated heterocycles. The van der Waals surface area contributed by atoms with Crippen LogP contribution in [-0.4, -0.2) is 22.6 Å². The number of amides is 1. The minimum Gasteiger partial charge on any atom is -0.352 e. The third-order valence-corrected chi connectivity index (χ3v) is 3.62. The van der Waals surface area contributed by atoms with Gasteiger partial charge in [-0.3, -0.25) is 4.79 Å². The first-order chi connectivity index (χ1) is 12.3. The quantitative estimate of drug-likeness (QED) is 0.690. The Hall–Kier alpha value is -3.15. The van der Waals surface area contributed by atoms with Gasteiger partial charge < -0.3 is 15.2 Å². The van der Waals surface area contributed by atoms with Gasteiger partial charge in [-0.2, -0.15) is 4.98 Å². The van der Waals surface area contributed by atoms with E-state index in [4.69, 9.17) is 4.52 Å². The van der Waals surface area contributed by atoms with Gasteiger partial charge in [0.05, 0.1) is 0 Å². The topological polar surface area (TPSA) is 80.0 Å². The third kappa shape index (κ3) is 4.44. The van der Waals surface area contributed by atoms with Crippen molar-refractivity contribution in [2.45, 2.75) is 19.9 Å². The van der Waals surface area contributed by atoms with Crippen LogP contribution in [0.4, 0.5) is 5.95 Å². The lowest BCUT2D eigenvalue weighted by atomic mass is 10.1. The fraction of sp³-hybridized carbons (Fsp3) is 0.211. The Morgan fingerprint density at radius 2 is 1.96 bits per heavy atom. The average molecular weight is 336 g/mol. The molecule has 6 nitrogen and oxygen atoms in total. The number of hydrogen-bond donors (Lipinski definition) is 2. The van der Waals surface area contributed by atoms with E-state index in [2.05, 4.69) is 20.8 Å². The molecule has 0 atom stereocenters. The van der Waals surface area contributed by atoms with Gasteiger partial charge in [0, 0.05) is 24.2 Å². The second-order valence-electron chi connectivity index (χ2n) is 5.60. The van der Waals surface area contributed by atoms with E-state index in [1.165, 1.54) is 0 Å². The number of nitrogens with one attached hydrogen (secondary N) is 2. The Morgan fingerprint density at radius 3 is 2.76 bits per heavy atom. The zero-order valence-electron chi connectivity index (χ0n) is 14.0. The lowest BCUT2D eigenvalue weighted by molar-refractivity contribution is 0.0953. The number of rotatable bonds is 7. The Morgan fingerprint density at radius 1 is 1.12 bits per heavy atom. The van der Waals surface area contributed by atoms with Crippen LogP contribution in [0, 0.1) is 0 Å². The van der Waals surface area contributed by atoms with Crippen LogP contribution in [0.3, 0.4) is 0 Å². The SMILES string of the molecule is CCCNC(=O)c1cccc(CNc2noc(-c3ccccc3)n2)c1. The Balaban J connectivity index is 1.62. The number of hydrogen-bond acceptors (Lipinski definition) is 5. The van der Waals surface area contributed by atoms with Gasteiger partial charge in [0.1, 0.15) is 0 Å². The smallest absolute Gasteiger partial charge is 0.264 e. The van der Waals surface area contributed by atoms with E-state index in [0.717, 1.165) is 17.5 Å². The molecule has 0 saturated carbocycles. The highest BCUT2D eigenvalue weighted by molar-refractivity contribution is 5.94. The van der Waals surface area contributed by atoms with Crippen molar-refractivity contribution in [2.24, 2.45) is 0 Å². The molecular weight excluding hydrogens is 316 g/mol. The Labute approximate surface area is 146 Å². The minimum atomic E-state index is -0.0605. The molecule has 0 unspecified atom stereocenters. The number of nitrogens with zero attached hydrogens (tertiary/aromatic N) is 2. The summed E-state index contributed by atoms with van der Waals surface area (Å²) in [5.74, 6) is 0.824. The number of carbonyl (C=O) groups excluding carboxylic acids is 1. The number of carbonyl (C=O) groups is 1. The molecule has 1 amide bonds. The van der Waals surface area contributed by atoms with Gasteiger partial charge in [-0.25, -0.2) is 0 Å². The van der Waals surface area contributed by atoms with Crippen molar-refractivity contribution in [1.29, 1.82) is 0 Å². The van der Waals surface area contributed by atoms with Crippen molar-refractivity contribution in [3.8, 4) is 11.5 Å². The molecule has 0 radical (unpaired) electrons. The van der Waals surface area contributed by atoms with Crippen molar-refractivity contribution in [3.63, 3.8) is 0 Å². The summed E-state index contributed by atoms with van der Waals surface area (Å²) >= 11 is 0. The molecule has 3 rings (SSSR count). The molecule has 2 aromatic carbocycles. The van der Waals surface area contributed by atoms with Crippen molar-refractivity contribution < 1.29 is 9.32 Å². The summed E-state index contributed by atoms with van der Waals surface area (Å²) in [4.78, 5) is 16.3. The van der Waals surface area contributed by atoms with Crippen LogP contribution >= 0.6 is 0 Å². The highest BCUT2D eigenvalue weighted by Gasteiger charge is 2.09. The predicted molar refractivity (Wildman–Crippen MR) is 96.1 cm³/mol. The molecule has 25 heavy (non-hydrogen) atoms. The van der Waals surface area contributed by atoms with Crippen molar-refractivity contribution in [3.05, 3.63) is 65.7 Å². The lowest BCUT2D eigenvalue weighted by Crippen LogP contribution is -2.24. The van der Waals surface area contributed by atoms with Crippen LogP contribution in [0.1, 0.15) is 29.3 Å². The second kappa shape index (κ2) is 8.10. The molecule has 6 heteroatoms. The highest BCUT2D eigenvalue weighted by Crippen LogP contribution is 2.18. The van der Waals surface area contributed by atoms with E-state index in [9.17, 15) is 4.79 Å². The molecule has 0 spiro atoms. The van der Waals surface area contributed by atoms with E-state index in [1.807, 2.05) is 55.5 Å². The first-order valence-corrected chi connectivity index (χ1v) is 8.26. The van der Waals surface area contributed by atoms with E-state index in [1.54, 1.807) is 6.07 Å². The van der Waals surface area contributed by atoms with Crippen LogP contribution in [0.5, 0.6) is 0 Å². The molecule has 0 aliphatic heterocycles. The Bertz CT molecular complexity index is 830. The number of benzene rings is 2. The molecule has 2 N–H and O–H groups in total. The summed E-state index contributed by atoms with van der Waals surface area (Å²) in [7, 11) is 0. The molecule has 3 aromatic rings. The van der Waals surface area contributed by atoms with E-state index >= 15 is 0 Å². The first kappa shape index (κ1) is 16.7. The standard InChI is InChI=1S/C19H20N4O2/c1-2-11-20-17(24)16-10-6-7-14(12-16)13-21-19-22-18(25-23-19)15-8-4-3-5-9-15/h3-10,12H,2,11,13H2,1H3,(H,20,24)(H,21,23). The van der Waals surface area contributed by atoms with Crippen molar-refractivity contribution in [2.75, 3.05) is 11.9 Å². The molecule has 1 heterocycles. The Kier molecular flexibility index (Phi) is 5.41. The molecule has 0 fully saturated rings. The number of aromatic nitrogens is 2. The van der Waals surface area contributed by atoms with E-state index in [-0.39, 0.29) is 5.91 Å². The van der Waals surface area contributed by atoms with Gasteiger partial charge in [0.25, 0.3) is 17.7 Å². The summed E-state index contributed by atoms with van der Waals surface area (Å²) in [5, 5.41) is 9.91. The average Bonchev–Trinajstić information content (AvgIpc) is 3.14. The lowest BCUT2D eigenvalue weighted by Gasteiger charge is -2.06. The fourth-order valence-corrected chi connectivity index (χ4v) is 2.34. The predicted octanol–water partition coefficient (Wildman–Crippen LogP) is 3.49. The number of anilines is 1.